The van der Waals surface area contributed by atoms with Crippen LogP contribution in [0, 0.1) is 0 Å². The van der Waals surface area contributed by atoms with Crippen LogP contribution in [0.15, 0.2) is 0 Å². The number of nitrogens with zero attached hydrogens (tertiary/aromatic N) is 1. The zero-order valence-corrected chi connectivity index (χ0v) is 10.6. The molecule has 5 heteroatoms. The average Bonchev–Trinajstić information content (AvgIpc) is 2.29. The summed E-state index contributed by atoms with van der Waals surface area (Å²) in [5.74, 6) is 0.103. The second-order valence-electron chi connectivity index (χ2n) is 3.95. The van der Waals surface area contributed by atoms with Gasteiger partial charge in [0.25, 0.3) is 0 Å². The molecule has 1 saturated heterocycles. The maximum absolute atomic E-state index is 11.9. The Labute approximate surface area is 102 Å². The molecule has 16 heavy (non-hydrogen) atoms. The third-order valence-electron chi connectivity index (χ3n) is 2.82. The summed E-state index contributed by atoms with van der Waals surface area (Å²) in [6.07, 6.45) is 3.46. The van der Waals surface area contributed by atoms with Crippen LogP contribution < -0.4 is 5.73 Å². The largest absolute Gasteiger partial charge is 0.392 e. The Balaban J connectivity index is 2.47. The predicted molar refractivity (Wildman–Crippen MR) is 67.2 cm³/mol. The molecule has 1 fully saturated rings. The maximum atomic E-state index is 11.9. The number of likely N-dealkylation sites (tertiary alicyclic amines) is 1. The number of nitrogens with two attached hydrogens (primary N) is 1. The standard InChI is InChI=1S/C11H20N2O2S/c1-2-15-8-6-10(14)13-7-4-3-5-9(13)11(12)16/h9H,2-8H2,1H3,(H2,12,16). The number of hydrogen-bond acceptors (Lipinski definition) is 3. The molecular formula is C11H20N2O2S. The lowest BCUT2D eigenvalue weighted by atomic mass is 10.0. The van der Waals surface area contributed by atoms with Gasteiger partial charge in [-0.25, -0.2) is 0 Å². The molecular weight excluding hydrogens is 224 g/mol. The first-order chi connectivity index (χ1) is 7.66. The van der Waals surface area contributed by atoms with E-state index in [0.29, 0.717) is 24.6 Å². The molecule has 0 spiro atoms. The van der Waals surface area contributed by atoms with Crippen LogP contribution in [0.5, 0.6) is 0 Å². The van der Waals surface area contributed by atoms with Gasteiger partial charge in [-0.05, 0) is 26.2 Å². The van der Waals surface area contributed by atoms with Crippen molar-refractivity contribution < 1.29 is 9.53 Å². The molecule has 1 amide bonds. The van der Waals surface area contributed by atoms with Crippen LogP contribution in [0.2, 0.25) is 0 Å². The Hall–Kier alpha value is -0.680. The molecule has 1 heterocycles. The van der Waals surface area contributed by atoms with Crippen molar-refractivity contribution in [2.75, 3.05) is 19.8 Å². The third-order valence-corrected chi connectivity index (χ3v) is 3.09. The number of piperidine rings is 1. The molecule has 1 atom stereocenters. The lowest BCUT2D eigenvalue weighted by Crippen LogP contribution is -2.50. The predicted octanol–water partition coefficient (Wildman–Crippen LogP) is 1.08. The number of carbonyl (C=O) groups is 1. The second kappa shape index (κ2) is 6.81. The summed E-state index contributed by atoms with van der Waals surface area (Å²) in [4.78, 5) is 14.2. The molecule has 0 radical (unpaired) electrons. The first-order valence-corrected chi connectivity index (χ1v) is 6.24. The molecule has 1 rings (SSSR count). The number of carbonyl (C=O) groups excluding carboxylic acids is 1. The van der Waals surface area contributed by atoms with Crippen LogP contribution in [-0.4, -0.2) is 41.6 Å². The summed E-state index contributed by atoms with van der Waals surface area (Å²) < 4.78 is 5.18. The van der Waals surface area contributed by atoms with E-state index < -0.39 is 0 Å². The van der Waals surface area contributed by atoms with E-state index in [2.05, 4.69) is 0 Å². The number of hydrogen-bond donors (Lipinski definition) is 1. The summed E-state index contributed by atoms with van der Waals surface area (Å²) in [5.41, 5.74) is 5.66. The van der Waals surface area contributed by atoms with Gasteiger partial charge < -0.3 is 15.4 Å². The van der Waals surface area contributed by atoms with Crippen molar-refractivity contribution in [3.05, 3.63) is 0 Å². The summed E-state index contributed by atoms with van der Waals surface area (Å²) >= 11 is 5.00. The van der Waals surface area contributed by atoms with Crippen molar-refractivity contribution in [3.8, 4) is 0 Å². The Morgan fingerprint density at radius 2 is 2.31 bits per heavy atom. The number of amides is 1. The van der Waals surface area contributed by atoms with Crippen molar-refractivity contribution in [3.63, 3.8) is 0 Å². The van der Waals surface area contributed by atoms with Gasteiger partial charge in [-0.2, -0.15) is 0 Å². The minimum absolute atomic E-state index is 0.0436. The summed E-state index contributed by atoms with van der Waals surface area (Å²) in [6, 6.07) is -0.0436. The third kappa shape index (κ3) is 3.72. The van der Waals surface area contributed by atoms with Crippen LogP contribution >= 0.6 is 12.2 Å². The van der Waals surface area contributed by atoms with Gasteiger partial charge in [-0.15, -0.1) is 0 Å². The number of ether oxygens (including phenoxy) is 1. The zero-order chi connectivity index (χ0) is 12.0. The molecule has 1 unspecified atom stereocenters. The quantitative estimate of drug-likeness (QED) is 0.581. The smallest absolute Gasteiger partial charge is 0.225 e. The first-order valence-electron chi connectivity index (χ1n) is 5.83. The molecule has 0 aliphatic carbocycles. The average molecular weight is 244 g/mol. The Morgan fingerprint density at radius 3 is 2.94 bits per heavy atom. The fraction of sp³-hybridized carbons (Fsp3) is 0.818. The van der Waals surface area contributed by atoms with Crippen LogP contribution in [0.3, 0.4) is 0 Å². The van der Waals surface area contributed by atoms with Crippen molar-refractivity contribution >= 4 is 23.1 Å². The van der Waals surface area contributed by atoms with E-state index in [4.69, 9.17) is 22.7 Å². The molecule has 1 aliphatic rings. The molecule has 2 N–H and O–H groups in total. The van der Waals surface area contributed by atoms with Gasteiger partial charge in [0, 0.05) is 13.2 Å². The fourth-order valence-electron chi connectivity index (χ4n) is 1.97. The zero-order valence-electron chi connectivity index (χ0n) is 9.78. The monoisotopic (exact) mass is 244 g/mol. The molecule has 1 aliphatic heterocycles. The number of thiocarbonyl (C=S) groups is 1. The van der Waals surface area contributed by atoms with Crippen LogP contribution in [-0.2, 0) is 9.53 Å². The van der Waals surface area contributed by atoms with Crippen molar-refractivity contribution in [2.45, 2.75) is 38.6 Å². The Morgan fingerprint density at radius 1 is 1.56 bits per heavy atom. The van der Waals surface area contributed by atoms with E-state index >= 15 is 0 Å². The fourth-order valence-corrected chi connectivity index (χ4v) is 2.22. The van der Waals surface area contributed by atoms with Crippen LogP contribution in [0.4, 0.5) is 0 Å². The van der Waals surface area contributed by atoms with E-state index in [1.54, 1.807) is 0 Å². The highest BCUT2D eigenvalue weighted by Crippen LogP contribution is 2.18. The second-order valence-corrected chi connectivity index (χ2v) is 4.42. The van der Waals surface area contributed by atoms with Crippen molar-refractivity contribution in [2.24, 2.45) is 5.73 Å². The highest BCUT2D eigenvalue weighted by Gasteiger charge is 2.27. The lowest BCUT2D eigenvalue weighted by molar-refractivity contribution is -0.134. The highest BCUT2D eigenvalue weighted by atomic mass is 32.1. The van der Waals surface area contributed by atoms with E-state index in [0.717, 1.165) is 25.8 Å². The van der Waals surface area contributed by atoms with Crippen molar-refractivity contribution in [1.82, 2.24) is 4.90 Å². The first kappa shape index (κ1) is 13.4. The van der Waals surface area contributed by atoms with Crippen LogP contribution in [0.25, 0.3) is 0 Å². The van der Waals surface area contributed by atoms with Gasteiger partial charge in [0.2, 0.25) is 5.91 Å². The number of rotatable bonds is 5. The minimum Gasteiger partial charge on any atom is -0.392 e. The van der Waals surface area contributed by atoms with E-state index in [1.807, 2.05) is 11.8 Å². The van der Waals surface area contributed by atoms with E-state index in [1.165, 1.54) is 0 Å². The van der Waals surface area contributed by atoms with Gasteiger partial charge in [0.1, 0.15) is 0 Å². The lowest BCUT2D eigenvalue weighted by Gasteiger charge is -2.35. The van der Waals surface area contributed by atoms with Gasteiger partial charge in [-0.3, -0.25) is 4.79 Å². The van der Waals surface area contributed by atoms with E-state index in [-0.39, 0.29) is 11.9 Å². The maximum Gasteiger partial charge on any atom is 0.225 e. The molecule has 4 nitrogen and oxygen atoms in total. The summed E-state index contributed by atoms with van der Waals surface area (Å²) in [5, 5.41) is 0. The Kier molecular flexibility index (Phi) is 5.69. The SMILES string of the molecule is CCOCCC(=O)N1CCCCC1C(N)=S. The summed E-state index contributed by atoms with van der Waals surface area (Å²) in [6.45, 7) is 3.82. The normalized spacial score (nSPS) is 20.8. The highest BCUT2D eigenvalue weighted by molar-refractivity contribution is 7.80. The molecule has 92 valence electrons. The molecule has 0 aromatic rings. The van der Waals surface area contributed by atoms with Gasteiger partial charge in [0.15, 0.2) is 0 Å². The molecule has 0 saturated carbocycles. The topological polar surface area (TPSA) is 55.6 Å². The van der Waals surface area contributed by atoms with E-state index in [9.17, 15) is 4.79 Å². The van der Waals surface area contributed by atoms with Gasteiger partial charge in [-0.1, -0.05) is 12.2 Å². The van der Waals surface area contributed by atoms with Crippen molar-refractivity contribution in [1.29, 1.82) is 0 Å². The summed E-state index contributed by atoms with van der Waals surface area (Å²) in [7, 11) is 0. The Bertz CT molecular complexity index is 258. The minimum atomic E-state index is -0.0436. The molecule has 0 aromatic carbocycles. The van der Waals surface area contributed by atoms with Gasteiger partial charge in [0.05, 0.1) is 24.1 Å². The molecule has 0 bridgehead atoms. The van der Waals surface area contributed by atoms with Gasteiger partial charge >= 0.3 is 0 Å². The van der Waals surface area contributed by atoms with Crippen LogP contribution in [0.1, 0.15) is 32.6 Å². The molecule has 0 aromatic heterocycles.